The van der Waals surface area contributed by atoms with Crippen molar-refractivity contribution in [2.75, 3.05) is 0 Å². The molecule has 3 aromatic carbocycles. The van der Waals surface area contributed by atoms with Crippen molar-refractivity contribution in [1.82, 2.24) is 0 Å². The van der Waals surface area contributed by atoms with E-state index < -0.39 is 0 Å². The molecule has 4 rings (SSSR count). The second kappa shape index (κ2) is 5.99. The Morgan fingerprint density at radius 2 is 1.00 bits per heavy atom. The highest BCUT2D eigenvalue weighted by Crippen LogP contribution is 2.53. The Labute approximate surface area is 157 Å². The third-order valence-electron chi connectivity index (χ3n) is 5.95. The van der Waals surface area contributed by atoms with E-state index in [0.717, 1.165) is 0 Å². The van der Waals surface area contributed by atoms with Gasteiger partial charge in [0.15, 0.2) is 0 Å². The van der Waals surface area contributed by atoms with Crippen LogP contribution < -0.4 is 0 Å². The quantitative estimate of drug-likeness (QED) is 0.471. The molecule has 0 N–H and O–H groups in total. The standard InChI is InChI=1S/C26H26/c1-25(2)22-12-8-9-13-23(22)26(3,4)24(25)18-19-14-16-21(17-15-19)20-10-6-5-7-11-20/h5-18H,1-4H3. The van der Waals surface area contributed by atoms with Crippen LogP contribution in [0.5, 0.6) is 0 Å². The molecular weight excluding hydrogens is 312 g/mol. The summed E-state index contributed by atoms with van der Waals surface area (Å²) in [6.07, 6.45) is 2.40. The Kier molecular flexibility index (Phi) is 3.88. The predicted octanol–water partition coefficient (Wildman–Crippen LogP) is 7.01. The van der Waals surface area contributed by atoms with E-state index in [1.165, 1.54) is 33.4 Å². The molecule has 0 fully saturated rings. The average Bonchev–Trinajstić information content (AvgIpc) is 2.81. The van der Waals surface area contributed by atoms with Crippen molar-refractivity contribution in [2.24, 2.45) is 0 Å². The van der Waals surface area contributed by atoms with Gasteiger partial charge in [-0.3, -0.25) is 0 Å². The molecule has 130 valence electrons. The van der Waals surface area contributed by atoms with Crippen molar-refractivity contribution in [2.45, 2.75) is 38.5 Å². The van der Waals surface area contributed by atoms with E-state index in [4.69, 9.17) is 0 Å². The second-order valence-corrected chi connectivity index (χ2v) is 8.34. The lowest BCUT2D eigenvalue weighted by Gasteiger charge is -2.29. The summed E-state index contributed by atoms with van der Waals surface area (Å²) in [5, 5.41) is 0. The van der Waals surface area contributed by atoms with Crippen LogP contribution in [0.4, 0.5) is 0 Å². The van der Waals surface area contributed by atoms with Gasteiger partial charge in [0, 0.05) is 10.8 Å². The average molecular weight is 338 g/mol. The van der Waals surface area contributed by atoms with Gasteiger partial charge in [0.2, 0.25) is 0 Å². The number of fused-ring (bicyclic) bond motifs is 1. The summed E-state index contributed by atoms with van der Waals surface area (Å²) in [6, 6.07) is 28.4. The molecule has 0 heterocycles. The van der Waals surface area contributed by atoms with E-state index in [2.05, 4.69) is 113 Å². The molecule has 0 aromatic heterocycles. The molecule has 1 aliphatic carbocycles. The predicted molar refractivity (Wildman–Crippen MR) is 112 cm³/mol. The first-order valence-electron chi connectivity index (χ1n) is 9.39. The highest BCUT2D eigenvalue weighted by Gasteiger charge is 2.45. The van der Waals surface area contributed by atoms with Crippen molar-refractivity contribution < 1.29 is 0 Å². The minimum absolute atomic E-state index is 0.0538. The fourth-order valence-electron chi connectivity index (χ4n) is 4.57. The van der Waals surface area contributed by atoms with E-state index in [9.17, 15) is 0 Å². The lowest BCUT2D eigenvalue weighted by Crippen LogP contribution is -2.23. The molecule has 0 atom stereocenters. The van der Waals surface area contributed by atoms with Gasteiger partial charge in [-0.25, -0.2) is 0 Å². The largest absolute Gasteiger partial charge is 0.0622 e. The molecule has 0 amide bonds. The van der Waals surface area contributed by atoms with Crippen molar-refractivity contribution >= 4 is 6.08 Å². The SMILES string of the molecule is CC1(C)C(=Cc2ccc(-c3ccccc3)cc2)C(C)(C)c2ccccc21. The number of benzene rings is 3. The minimum Gasteiger partial charge on any atom is -0.0622 e. The van der Waals surface area contributed by atoms with Crippen LogP contribution in [0.3, 0.4) is 0 Å². The third kappa shape index (κ3) is 2.61. The van der Waals surface area contributed by atoms with Gasteiger partial charge in [-0.2, -0.15) is 0 Å². The maximum absolute atomic E-state index is 2.40. The number of hydrogen-bond donors (Lipinski definition) is 0. The second-order valence-electron chi connectivity index (χ2n) is 8.34. The fourth-order valence-corrected chi connectivity index (χ4v) is 4.57. The topological polar surface area (TPSA) is 0 Å². The molecule has 3 aromatic rings. The molecule has 0 spiro atoms. The van der Waals surface area contributed by atoms with Crippen molar-refractivity contribution in [3.05, 3.63) is 101 Å². The van der Waals surface area contributed by atoms with Crippen LogP contribution in [0.1, 0.15) is 44.4 Å². The van der Waals surface area contributed by atoms with E-state index in [0.29, 0.717) is 0 Å². The maximum Gasteiger partial charge on any atom is 0.0120 e. The summed E-state index contributed by atoms with van der Waals surface area (Å²) in [5.74, 6) is 0. The van der Waals surface area contributed by atoms with Crippen LogP contribution >= 0.6 is 0 Å². The molecule has 0 saturated heterocycles. The van der Waals surface area contributed by atoms with Gasteiger partial charge in [0.05, 0.1) is 0 Å². The number of hydrogen-bond acceptors (Lipinski definition) is 0. The van der Waals surface area contributed by atoms with Gasteiger partial charge in [-0.15, -0.1) is 0 Å². The summed E-state index contributed by atoms with van der Waals surface area (Å²) in [7, 11) is 0. The Morgan fingerprint density at radius 3 is 1.54 bits per heavy atom. The zero-order valence-corrected chi connectivity index (χ0v) is 16.1. The Morgan fingerprint density at radius 1 is 0.538 bits per heavy atom. The first-order chi connectivity index (χ1) is 12.4. The Hall–Kier alpha value is -2.60. The summed E-state index contributed by atoms with van der Waals surface area (Å²) >= 11 is 0. The van der Waals surface area contributed by atoms with Gasteiger partial charge < -0.3 is 0 Å². The van der Waals surface area contributed by atoms with Crippen molar-refractivity contribution in [3.63, 3.8) is 0 Å². The molecule has 0 saturated carbocycles. The zero-order valence-electron chi connectivity index (χ0n) is 16.1. The normalized spacial score (nSPS) is 17.0. The van der Waals surface area contributed by atoms with Crippen molar-refractivity contribution in [3.8, 4) is 11.1 Å². The van der Waals surface area contributed by atoms with Gasteiger partial charge >= 0.3 is 0 Å². The van der Waals surface area contributed by atoms with E-state index in [-0.39, 0.29) is 10.8 Å². The van der Waals surface area contributed by atoms with Crippen LogP contribution in [0.25, 0.3) is 17.2 Å². The highest BCUT2D eigenvalue weighted by atomic mass is 14.5. The van der Waals surface area contributed by atoms with Gasteiger partial charge in [0.1, 0.15) is 0 Å². The summed E-state index contributed by atoms with van der Waals surface area (Å²) in [6.45, 7) is 9.41. The van der Waals surface area contributed by atoms with Gasteiger partial charge in [-0.1, -0.05) is 113 Å². The van der Waals surface area contributed by atoms with Gasteiger partial charge in [-0.05, 0) is 33.4 Å². The first-order valence-corrected chi connectivity index (χ1v) is 9.39. The highest BCUT2D eigenvalue weighted by molar-refractivity contribution is 5.70. The van der Waals surface area contributed by atoms with E-state index in [1.54, 1.807) is 0 Å². The van der Waals surface area contributed by atoms with E-state index in [1.807, 2.05) is 0 Å². The zero-order chi connectivity index (χ0) is 18.4. The van der Waals surface area contributed by atoms with Gasteiger partial charge in [0.25, 0.3) is 0 Å². The Bertz CT molecular complexity index is 917. The number of rotatable bonds is 2. The summed E-state index contributed by atoms with van der Waals surface area (Å²) in [4.78, 5) is 0. The third-order valence-corrected chi connectivity index (χ3v) is 5.95. The molecule has 0 aliphatic heterocycles. The molecule has 26 heavy (non-hydrogen) atoms. The van der Waals surface area contributed by atoms with Crippen molar-refractivity contribution in [1.29, 1.82) is 0 Å². The smallest absolute Gasteiger partial charge is 0.0120 e. The van der Waals surface area contributed by atoms with Crippen LogP contribution in [0.15, 0.2) is 84.4 Å². The monoisotopic (exact) mass is 338 g/mol. The molecule has 0 bridgehead atoms. The van der Waals surface area contributed by atoms with Crippen LogP contribution in [-0.4, -0.2) is 0 Å². The summed E-state index contributed by atoms with van der Waals surface area (Å²) in [5.41, 5.74) is 8.30. The first kappa shape index (κ1) is 16.8. The molecule has 0 radical (unpaired) electrons. The molecule has 1 aliphatic rings. The fraction of sp³-hybridized carbons (Fsp3) is 0.231. The molecular formula is C26H26. The molecule has 0 unspecified atom stereocenters. The lowest BCUT2D eigenvalue weighted by molar-refractivity contribution is 0.555. The minimum atomic E-state index is 0.0538. The van der Waals surface area contributed by atoms with Crippen LogP contribution in [0, 0.1) is 0 Å². The number of allylic oxidation sites excluding steroid dienone is 1. The van der Waals surface area contributed by atoms with Crippen LogP contribution in [-0.2, 0) is 10.8 Å². The van der Waals surface area contributed by atoms with E-state index >= 15 is 0 Å². The molecule has 0 nitrogen and oxygen atoms in total. The Balaban J connectivity index is 1.75. The molecule has 0 heteroatoms. The lowest BCUT2D eigenvalue weighted by atomic mass is 9.75. The van der Waals surface area contributed by atoms with Crippen LogP contribution in [0.2, 0.25) is 0 Å². The summed E-state index contributed by atoms with van der Waals surface area (Å²) < 4.78 is 0. The maximum atomic E-state index is 2.40.